The molecular weight excluding hydrogens is 437 g/mol. The van der Waals surface area contributed by atoms with Gasteiger partial charge in [0, 0.05) is 31.5 Å². The molecule has 0 bridgehead atoms. The highest BCUT2D eigenvalue weighted by molar-refractivity contribution is 7.54. The van der Waals surface area contributed by atoms with Crippen LogP contribution >= 0.6 is 7.60 Å². The summed E-state index contributed by atoms with van der Waals surface area (Å²) in [6, 6.07) is 8.60. The highest BCUT2D eigenvalue weighted by atomic mass is 31.2. The Hall–Kier alpha value is -1.97. The number of carbonyl (C=O) groups excluding carboxylic acids is 2. The first-order valence-electron chi connectivity index (χ1n) is 10.9. The van der Waals surface area contributed by atoms with E-state index in [9.17, 15) is 19.3 Å². The fourth-order valence-corrected chi connectivity index (χ4v) is 5.50. The maximum atomic E-state index is 13.2. The molecule has 2 unspecified atom stereocenters. The van der Waals surface area contributed by atoms with Crippen molar-refractivity contribution in [1.82, 2.24) is 10.6 Å². The summed E-state index contributed by atoms with van der Waals surface area (Å²) >= 11 is 0. The van der Waals surface area contributed by atoms with Crippen molar-refractivity contribution in [2.75, 3.05) is 26.3 Å². The van der Waals surface area contributed by atoms with Crippen LogP contribution in [0.4, 0.5) is 4.79 Å². The molecule has 180 valence electrons. The van der Waals surface area contributed by atoms with Gasteiger partial charge in [-0.2, -0.15) is 0 Å². The minimum atomic E-state index is -3.87. The molecule has 5 N–H and O–H groups in total. The van der Waals surface area contributed by atoms with Gasteiger partial charge in [0.25, 0.3) is 0 Å². The third kappa shape index (κ3) is 7.86. The molecule has 11 heteroatoms. The SMILES string of the molecule is CCOP(=O)(OCC)C(O)[C@H](CC1CCNC1=O)NC[C@H](Cc1ccccc1)OC(N)=O. The highest BCUT2D eigenvalue weighted by Crippen LogP contribution is 2.53. The van der Waals surface area contributed by atoms with E-state index in [1.165, 1.54) is 0 Å². The second kappa shape index (κ2) is 12.9. The van der Waals surface area contributed by atoms with E-state index in [0.717, 1.165) is 5.56 Å². The molecule has 10 nitrogen and oxygen atoms in total. The quantitative estimate of drug-likeness (QED) is 0.300. The summed E-state index contributed by atoms with van der Waals surface area (Å²) in [7, 11) is -3.87. The van der Waals surface area contributed by atoms with Crippen LogP contribution in [0, 0.1) is 5.92 Å². The molecule has 32 heavy (non-hydrogen) atoms. The van der Waals surface area contributed by atoms with Gasteiger partial charge in [0.2, 0.25) is 5.91 Å². The molecule has 0 saturated carbocycles. The number of ether oxygens (including phenoxy) is 1. The van der Waals surface area contributed by atoms with Crippen LogP contribution in [0.2, 0.25) is 0 Å². The number of carbonyl (C=O) groups is 2. The third-order valence-electron chi connectivity index (χ3n) is 5.20. The summed E-state index contributed by atoms with van der Waals surface area (Å²) < 4.78 is 29.0. The van der Waals surface area contributed by atoms with Crippen molar-refractivity contribution in [1.29, 1.82) is 0 Å². The Balaban J connectivity index is 2.18. The lowest BCUT2D eigenvalue weighted by atomic mass is 9.98. The number of benzene rings is 1. The summed E-state index contributed by atoms with van der Waals surface area (Å²) in [6.45, 7) is 4.15. The second-order valence-electron chi connectivity index (χ2n) is 7.56. The van der Waals surface area contributed by atoms with E-state index in [4.69, 9.17) is 19.5 Å². The van der Waals surface area contributed by atoms with Crippen molar-refractivity contribution in [3.05, 3.63) is 35.9 Å². The van der Waals surface area contributed by atoms with E-state index in [0.29, 0.717) is 19.4 Å². The monoisotopic (exact) mass is 471 g/mol. The molecule has 2 amide bonds. The number of nitrogens with two attached hydrogens (primary N) is 1. The Morgan fingerprint density at radius 1 is 1.28 bits per heavy atom. The van der Waals surface area contributed by atoms with Gasteiger partial charge in [-0.15, -0.1) is 0 Å². The fraction of sp³-hybridized carbons (Fsp3) is 0.619. The number of hydrogen-bond acceptors (Lipinski definition) is 8. The van der Waals surface area contributed by atoms with Gasteiger partial charge in [0.05, 0.1) is 13.2 Å². The number of nitrogens with one attached hydrogen (secondary N) is 2. The molecule has 1 heterocycles. The Morgan fingerprint density at radius 2 is 1.94 bits per heavy atom. The minimum absolute atomic E-state index is 0.0897. The molecule has 0 aliphatic carbocycles. The summed E-state index contributed by atoms with van der Waals surface area (Å²) in [4.78, 5) is 23.5. The van der Waals surface area contributed by atoms with Crippen LogP contribution < -0.4 is 16.4 Å². The first kappa shape index (κ1) is 26.3. The average Bonchev–Trinajstić information content (AvgIpc) is 3.15. The van der Waals surface area contributed by atoms with Crippen LogP contribution in [0.5, 0.6) is 0 Å². The molecule has 1 aromatic rings. The van der Waals surface area contributed by atoms with Gasteiger partial charge in [-0.3, -0.25) is 9.36 Å². The molecule has 1 fully saturated rings. The molecule has 4 atom stereocenters. The molecule has 1 aliphatic rings. The van der Waals surface area contributed by atoms with Crippen LogP contribution in [-0.2, 0) is 29.6 Å². The number of hydrogen-bond donors (Lipinski definition) is 4. The topological polar surface area (TPSA) is 149 Å². The predicted molar refractivity (Wildman–Crippen MR) is 119 cm³/mol. The zero-order chi connectivity index (χ0) is 23.6. The molecule has 1 aliphatic heterocycles. The number of amides is 2. The van der Waals surface area contributed by atoms with Gasteiger partial charge >= 0.3 is 13.7 Å². The minimum Gasteiger partial charge on any atom is -0.445 e. The van der Waals surface area contributed by atoms with Crippen LogP contribution in [0.1, 0.15) is 32.3 Å². The smallest absolute Gasteiger partial charge is 0.404 e. The van der Waals surface area contributed by atoms with E-state index in [2.05, 4.69) is 10.6 Å². The average molecular weight is 471 g/mol. The van der Waals surface area contributed by atoms with Gasteiger partial charge in [-0.1, -0.05) is 30.3 Å². The van der Waals surface area contributed by atoms with Crippen LogP contribution in [0.25, 0.3) is 0 Å². The van der Waals surface area contributed by atoms with Crippen molar-refractivity contribution >= 4 is 19.6 Å². The summed E-state index contributed by atoms with van der Waals surface area (Å²) in [6.07, 6.45) is -0.360. The summed E-state index contributed by atoms with van der Waals surface area (Å²) in [5, 5.41) is 16.9. The van der Waals surface area contributed by atoms with E-state index in [-0.39, 0.29) is 38.0 Å². The first-order chi connectivity index (χ1) is 15.3. The Morgan fingerprint density at radius 3 is 2.47 bits per heavy atom. The molecule has 1 saturated heterocycles. The van der Waals surface area contributed by atoms with E-state index in [1.807, 2.05) is 30.3 Å². The number of rotatable bonds is 14. The van der Waals surface area contributed by atoms with Gasteiger partial charge in [-0.05, 0) is 32.3 Å². The normalized spacial score (nSPS) is 19.2. The van der Waals surface area contributed by atoms with Gasteiger partial charge < -0.3 is 35.3 Å². The van der Waals surface area contributed by atoms with E-state index < -0.39 is 31.7 Å². The lowest BCUT2D eigenvalue weighted by molar-refractivity contribution is -0.122. The largest absolute Gasteiger partial charge is 0.445 e. The van der Waals surface area contributed by atoms with Gasteiger partial charge in [0.15, 0.2) is 5.85 Å². The molecule has 0 radical (unpaired) electrons. The van der Waals surface area contributed by atoms with Crippen LogP contribution in [0.15, 0.2) is 30.3 Å². The molecular formula is C21H34N3O7P. The van der Waals surface area contributed by atoms with Gasteiger partial charge in [-0.25, -0.2) is 4.79 Å². The Labute approximate surface area is 188 Å². The lowest BCUT2D eigenvalue weighted by Gasteiger charge is -2.31. The molecule has 0 aromatic heterocycles. The van der Waals surface area contributed by atoms with Gasteiger partial charge in [0.1, 0.15) is 6.10 Å². The number of aliphatic hydroxyl groups excluding tert-OH is 1. The van der Waals surface area contributed by atoms with Crippen LogP contribution in [0.3, 0.4) is 0 Å². The Bertz CT molecular complexity index is 770. The lowest BCUT2D eigenvalue weighted by Crippen LogP contribution is -2.47. The van der Waals surface area contributed by atoms with Crippen molar-refractivity contribution in [3.63, 3.8) is 0 Å². The molecule has 0 spiro atoms. The zero-order valence-electron chi connectivity index (χ0n) is 18.6. The van der Waals surface area contributed by atoms with Crippen LogP contribution in [-0.4, -0.2) is 61.4 Å². The van der Waals surface area contributed by atoms with E-state index >= 15 is 0 Å². The maximum absolute atomic E-state index is 13.2. The van der Waals surface area contributed by atoms with Crippen molar-refractivity contribution in [3.8, 4) is 0 Å². The number of aliphatic hydroxyl groups is 1. The highest BCUT2D eigenvalue weighted by Gasteiger charge is 2.42. The first-order valence-corrected chi connectivity index (χ1v) is 12.5. The van der Waals surface area contributed by atoms with Crippen molar-refractivity contribution in [2.45, 2.75) is 51.1 Å². The summed E-state index contributed by atoms with van der Waals surface area (Å²) in [5.74, 6) is -1.99. The predicted octanol–water partition coefficient (Wildman–Crippen LogP) is 1.76. The third-order valence-corrected chi connectivity index (χ3v) is 7.44. The molecule has 2 rings (SSSR count). The Kier molecular flexibility index (Phi) is 10.6. The maximum Gasteiger partial charge on any atom is 0.404 e. The van der Waals surface area contributed by atoms with E-state index in [1.54, 1.807) is 13.8 Å². The second-order valence-corrected chi connectivity index (χ2v) is 9.69. The molecule has 1 aromatic carbocycles. The number of primary amides is 1. The fourth-order valence-electron chi connectivity index (χ4n) is 3.74. The standard InChI is InChI=1S/C21H34N3O7P/c1-3-29-32(28,30-4-2)20(26)18(13-16-10-11-23-19(16)25)24-14-17(31-21(22)27)12-15-8-6-5-7-9-15/h5-9,16-18,20,24,26H,3-4,10-14H2,1-2H3,(H2,22,27)(H,23,25)/t16?,17-,18-,20?/m0/s1. The zero-order valence-corrected chi connectivity index (χ0v) is 19.5. The summed E-state index contributed by atoms with van der Waals surface area (Å²) in [5.41, 5.74) is 6.17. The van der Waals surface area contributed by atoms with Crippen molar-refractivity contribution < 1.29 is 33.0 Å². The van der Waals surface area contributed by atoms with Crippen molar-refractivity contribution in [2.24, 2.45) is 11.7 Å².